The predicted molar refractivity (Wildman–Crippen MR) is 85.2 cm³/mol. The van der Waals surface area contributed by atoms with Crippen LogP contribution < -0.4 is 5.63 Å². The summed E-state index contributed by atoms with van der Waals surface area (Å²) in [6.45, 7) is 2.03. The highest BCUT2D eigenvalue weighted by molar-refractivity contribution is 8.01. The summed E-state index contributed by atoms with van der Waals surface area (Å²) in [4.78, 5) is 11.8. The average molecular weight is 333 g/mol. The van der Waals surface area contributed by atoms with Crippen molar-refractivity contribution in [1.82, 2.24) is 15.4 Å². The van der Waals surface area contributed by atoms with Crippen LogP contribution in [0.2, 0.25) is 0 Å². The van der Waals surface area contributed by atoms with Gasteiger partial charge < -0.3 is 4.52 Å². The Labute approximate surface area is 133 Å². The van der Waals surface area contributed by atoms with Crippen LogP contribution in [-0.4, -0.2) is 21.1 Å². The molecule has 0 saturated heterocycles. The minimum Gasteiger partial charge on any atom is -0.336 e. The van der Waals surface area contributed by atoms with Crippen LogP contribution in [0.3, 0.4) is 0 Å². The lowest BCUT2D eigenvalue weighted by Crippen LogP contribution is -1.90. The van der Waals surface area contributed by atoms with Crippen LogP contribution in [0.5, 0.6) is 0 Å². The molecule has 0 aliphatic rings. The molecule has 112 valence electrons. The van der Waals surface area contributed by atoms with E-state index >= 15 is 0 Å². The molecule has 0 bridgehead atoms. The third kappa shape index (κ3) is 3.15. The van der Waals surface area contributed by atoms with Crippen LogP contribution in [0.25, 0.3) is 11.3 Å². The van der Waals surface area contributed by atoms with Crippen LogP contribution in [0.4, 0.5) is 10.8 Å². The summed E-state index contributed by atoms with van der Waals surface area (Å²) in [5.41, 5.74) is 0.824. The summed E-state index contributed by atoms with van der Waals surface area (Å²) in [6, 6.07) is 9.31. The molecule has 22 heavy (non-hydrogen) atoms. The van der Waals surface area contributed by atoms with E-state index in [9.17, 15) is 4.79 Å². The van der Waals surface area contributed by atoms with Crippen LogP contribution in [0.15, 0.2) is 54.2 Å². The normalized spacial score (nSPS) is 11.3. The number of nitrogens with one attached hydrogen (secondary N) is 1. The standard InChI is InChI=1S/C13H11N5O2S2/c1-2-21-13-17-16-12(22-13)15-14-10-9(18-20-11(10)19)8-6-4-3-5-7-8/h3-7,18H,2H2,1H3. The zero-order chi connectivity index (χ0) is 15.4. The summed E-state index contributed by atoms with van der Waals surface area (Å²) in [7, 11) is 0. The van der Waals surface area contributed by atoms with Gasteiger partial charge >= 0.3 is 5.63 Å². The third-order valence-electron chi connectivity index (χ3n) is 2.64. The molecule has 1 N–H and O–H groups in total. The summed E-state index contributed by atoms with van der Waals surface area (Å²) in [5.74, 6) is 0.908. The summed E-state index contributed by atoms with van der Waals surface area (Å²) >= 11 is 2.90. The van der Waals surface area contributed by atoms with Gasteiger partial charge in [0.05, 0.1) is 0 Å². The Bertz CT molecular complexity index is 837. The highest BCUT2D eigenvalue weighted by atomic mass is 32.2. The highest BCUT2D eigenvalue weighted by Gasteiger charge is 2.14. The fourth-order valence-electron chi connectivity index (χ4n) is 1.70. The van der Waals surface area contributed by atoms with E-state index in [-0.39, 0.29) is 5.69 Å². The van der Waals surface area contributed by atoms with Crippen molar-refractivity contribution in [1.29, 1.82) is 0 Å². The number of thioether (sulfide) groups is 1. The lowest BCUT2D eigenvalue weighted by atomic mass is 10.1. The average Bonchev–Trinajstić information content (AvgIpc) is 3.13. The molecule has 0 atom stereocenters. The lowest BCUT2D eigenvalue weighted by Gasteiger charge is -1.95. The Balaban J connectivity index is 1.90. The molecule has 0 aliphatic heterocycles. The van der Waals surface area contributed by atoms with Crippen molar-refractivity contribution in [2.24, 2.45) is 10.2 Å². The first kappa shape index (κ1) is 14.7. The summed E-state index contributed by atoms with van der Waals surface area (Å²) < 4.78 is 5.63. The highest BCUT2D eigenvalue weighted by Crippen LogP contribution is 2.30. The number of azo groups is 1. The Morgan fingerprint density at radius 3 is 2.86 bits per heavy atom. The quantitative estimate of drug-likeness (QED) is 0.562. The largest absolute Gasteiger partial charge is 0.385 e. The van der Waals surface area contributed by atoms with E-state index in [1.807, 2.05) is 37.3 Å². The first-order chi connectivity index (χ1) is 10.8. The fourth-order valence-corrected chi connectivity index (χ4v) is 3.26. The number of H-pyrrole nitrogens is 1. The number of hydrogen-bond acceptors (Lipinski definition) is 8. The maximum atomic E-state index is 11.8. The van der Waals surface area contributed by atoms with Gasteiger partial charge in [-0.25, -0.2) is 9.95 Å². The molecular weight excluding hydrogens is 322 g/mol. The molecule has 0 aliphatic carbocycles. The molecular formula is C13H11N5O2S2. The maximum absolute atomic E-state index is 11.8. The molecule has 9 heteroatoms. The molecule has 0 saturated carbocycles. The van der Waals surface area contributed by atoms with Crippen molar-refractivity contribution in [3.8, 4) is 11.3 Å². The second kappa shape index (κ2) is 6.67. The van der Waals surface area contributed by atoms with Gasteiger partial charge in [0.25, 0.3) is 5.13 Å². The second-order valence-corrected chi connectivity index (χ2v) is 6.53. The first-order valence-corrected chi connectivity index (χ1v) is 8.23. The number of benzene rings is 1. The SMILES string of the molecule is CCSc1nnc(N=Nc2c(-c3ccccc3)[nH]oc2=O)s1. The number of aromatic amines is 1. The maximum Gasteiger partial charge on any atom is 0.385 e. The zero-order valence-electron chi connectivity index (χ0n) is 11.5. The molecule has 1 aromatic carbocycles. The molecule has 2 aromatic heterocycles. The van der Waals surface area contributed by atoms with Crippen molar-refractivity contribution >= 4 is 33.9 Å². The molecule has 0 radical (unpaired) electrons. The van der Waals surface area contributed by atoms with Crippen molar-refractivity contribution in [2.45, 2.75) is 11.3 Å². The van der Waals surface area contributed by atoms with E-state index in [0.29, 0.717) is 10.8 Å². The van der Waals surface area contributed by atoms with Crippen molar-refractivity contribution in [2.75, 3.05) is 5.75 Å². The Kier molecular flexibility index (Phi) is 4.45. The van der Waals surface area contributed by atoms with Gasteiger partial charge in [0, 0.05) is 5.56 Å². The molecule has 0 unspecified atom stereocenters. The van der Waals surface area contributed by atoms with Crippen molar-refractivity contribution in [3.05, 3.63) is 40.8 Å². The van der Waals surface area contributed by atoms with Crippen LogP contribution in [0, 0.1) is 0 Å². The van der Waals surface area contributed by atoms with Gasteiger partial charge in [-0.2, -0.15) is 0 Å². The number of aromatic nitrogens is 3. The molecule has 0 amide bonds. The van der Waals surface area contributed by atoms with Crippen LogP contribution in [0.1, 0.15) is 6.92 Å². The van der Waals surface area contributed by atoms with Gasteiger partial charge in [-0.05, 0) is 5.75 Å². The topological polar surface area (TPSA) is 96.5 Å². The van der Waals surface area contributed by atoms with E-state index in [1.54, 1.807) is 11.8 Å². The number of hydrogen-bond donors (Lipinski definition) is 1. The minimum atomic E-state index is -0.574. The predicted octanol–water partition coefficient (Wildman–Crippen LogP) is 4.01. The smallest absolute Gasteiger partial charge is 0.336 e. The van der Waals surface area contributed by atoms with Crippen LogP contribution >= 0.6 is 23.1 Å². The zero-order valence-corrected chi connectivity index (χ0v) is 13.1. The second-order valence-electron chi connectivity index (χ2n) is 4.06. The molecule has 0 fully saturated rings. The first-order valence-electron chi connectivity index (χ1n) is 6.43. The van der Waals surface area contributed by atoms with Gasteiger partial charge in [0.2, 0.25) is 0 Å². The molecule has 2 heterocycles. The van der Waals surface area contributed by atoms with E-state index in [4.69, 9.17) is 4.52 Å². The van der Waals surface area contributed by atoms with Crippen molar-refractivity contribution < 1.29 is 4.52 Å². The molecule has 7 nitrogen and oxygen atoms in total. The number of rotatable bonds is 5. The van der Waals surface area contributed by atoms with E-state index < -0.39 is 5.63 Å². The van der Waals surface area contributed by atoms with Gasteiger partial charge in [0.15, 0.2) is 10.0 Å². The van der Waals surface area contributed by atoms with Crippen LogP contribution in [-0.2, 0) is 0 Å². The summed E-state index contributed by atoms with van der Waals surface area (Å²) in [6.07, 6.45) is 0. The minimum absolute atomic E-state index is 0.117. The molecule has 3 aromatic rings. The Hall–Kier alpha value is -2.26. The van der Waals surface area contributed by atoms with Gasteiger partial charge in [-0.1, -0.05) is 60.4 Å². The number of nitrogens with zero attached hydrogens (tertiary/aromatic N) is 4. The van der Waals surface area contributed by atoms with E-state index in [1.165, 1.54) is 11.3 Å². The van der Waals surface area contributed by atoms with E-state index in [2.05, 4.69) is 25.6 Å². The summed E-state index contributed by atoms with van der Waals surface area (Å²) in [5, 5.41) is 18.8. The molecule has 0 spiro atoms. The molecule has 3 rings (SSSR count). The fraction of sp³-hybridized carbons (Fsp3) is 0.154. The lowest BCUT2D eigenvalue weighted by molar-refractivity contribution is 0.394. The monoisotopic (exact) mass is 333 g/mol. The van der Waals surface area contributed by atoms with E-state index in [0.717, 1.165) is 15.7 Å². The van der Waals surface area contributed by atoms with Gasteiger partial charge in [-0.3, -0.25) is 0 Å². The van der Waals surface area contributed by atoms with Gasteiger partial charge in [-0.15, -0.1) is 20.4 Å². The third-order valence-corrected chi connectivity index (χ3v) is 4.46. The Morgan fingerprint density at radius 1 is 1.27 bits per heavy atom. The van der Waals surface area contributed by atoms with Crippen molar-refractivity contribution in [3.63, 3.8) is 0 Å². The van der Waals surface area contributed by atoms with Gasteiger partial charge in [0.1, 0.15) is 5.69 Å². The Morgan fingerprint density at radius 2 is 2.09 bits per heavy atom.